The van der Waals surface area contributed by atoms with Crippen LogP contribution in [0.2, 0.25) is 0 Å². The topological polar surface area (TPSA) is 35.8 Å². The SMILES string of the molecule is CCCC1CCC(Nc2ccc(C)cc2C#N)CC1. The van der Waals surface area contributed by atoms with Gasteiger partial charge >= 0.3 is 0 Å². The second kappa shape index (κ2) is 6.61. The second-order valence-corrected chi connectivity index (χ2v) is 5.81. The van der Waals surface area contributed by atoms with E-state index < -0.39 is 0 Å². The predicted molar refractivity (Wildman–Crippen MR) is 80.2 cm³/mol. The summed E-state index contributed by atoms with van der Waals surface area (Å²) in [7, 11) is 0. The number of benzene rings is 1. The molecule has 2 heteroatoms. The van der Waals surface area contributed by atoms with Crippen molar-refractivity contribution in [1.82, 2.24) is 0 Å². The summed E-state index contributed by atoms with van der Waals surface area (Å²) in [5.41, 5.74) is 2.93. The molecule has 0 bridgehead atoms. The van der Waals surface area contributed by atoms with Crippen molar-refractivity contribution in [3.63, 3.8) is 0 Å². The highest BCUT2D eigenvalue weighted by Gasteiger charge is 2.20. The van der Waals surface area contributed by atoms with Crippen LogP contribution in [0, 0.1) is 24.2 Å². The van der Waals surface area contributed by atoms with Crippen molar-refractivity contribution in [3.8, 4) is 6.07 Å². The summed E-state index contributed by atoms with van der Waals surface area (Å²) in [4.78, 5) is 0. The molecule has 0 spiro atoms. The van der Waals surface area contributed by atoms with Crippen LogP contribution in [0.1, 0.15) is 56.6 Å². The van der Waals surface area contributed by atoms with Gasteiger partial charge in [-0.3, -0.25) is 0 Å². The van der Waals surface area contributed by atoms with E-state index in [1.54, 1.807) is 0 Å². The van der Waals surface area contributed by atoms with E-state index in [1.165, 1.54) is 38.5 Å². The Morgan fingerprint density at radius 3 is 2.63 bits per heavy atom. The molecule has 1 saturated carbocycles. The fraction of sp³-hybridized carbons (Fsp3) is 0.588. The van der Waals surface area contributed by atoms with Crippen LogP contribution in [0.3, 0.4) is 0 Å². The Hall–Kier alpha value is -1.49. The normalized spacial score (nSPS) is 22.8. The molecule has 1 aromatic carbocycles. The maximum Gasteiger partial charge on any atom is 0.101 e. The van der Waals surface area contributed by atoms with E-state index in [-0.39, 0.29) is 0 Å². The van der Waals surface area contributed by atoms with E-state index in [2.05, 4.69) is 24.4 Å². The molecular weight excluding hydrogens is 232 g/mol. The molecule has 0 radical (unpaired) electrons. The molecule has 2 nitrogen and oxygen atoms in total. The number of nitrogens with one attached hydrogen (secondary N) is 1. The lowest BCUT2D eigenvalue weighted by atomic mass is 9.83. The van der Waals surface area contributed by atoms with Gasteiger partial charge in [0.25, 0.3) is 0 Å². The minimum Gasteiger partial charge on any atom is -0.381 e. The van der Waals surface area contributed by atoms with E-state index >= 15 is 0 Å². The number of anilines is 1. The number of nitrogens with zero attached hydrogens (tertiary/aromatic N) is 1. The number of hydrogen-bond acceptors (Lipinski definition) is 2. The molecular formula is C17H24N2. The molecule has 1 aromatic rings. The minimum absolute atomic E-state index is 0.544. The largest absolute Gasteiger partial charge is 0.381 e. The molecule has 19 heavy (non-hydrogen) atoms. The summed E-state index contributed by atoms with van der Waals surface area (Å²) in [6.07, 6.45) is 7.82. The van der Waals surface area contributed by atoms with Gasteiger partial charge in [0, 0.05) is 6.04 Å². The smallest absolute Gasteiger partial charge is 0.101 e. The minimum atomic E-state index is 0.544. The highest BCUT2D eigenvalue weighted by Crippen LogP contribution is 2.30. The quantitative estimate of drug-likeness (QED) is 0.852. The molecule has 0 atom stereocenters. The maximum atomic E-state index is 9.19. The zero-order valence-electron chi connectivity index (χ0n) is 12.1. The van der Waals surface area contributed by atoms with Crippen LogP contribution in [0.25, 0.3) is 0 Å². The van der Waals surface area contributed by atoms with Gasteiger partial charge in [0.05, 0.1) is 11.3 Å². The standard InChI is InChI=1S/C17H24N2/c1-3-4-14-6-8-16(9-7-14)19-17-10-5-13(2)11-15(17)12-18/h5,10-11,14,16,19H,3-4,6-9H2,1-2H3. The van der Waals surface area contributed by atoms with Crippen LogP contribution < -0.4 is 5.32 Å². The predicted octanol–water partition coefficient (Wildman–Crippen LogP) is 4.64. The second-order valence-electron chi connectivity index (χ2n) is 5.81. The van der Waals surface area contributed by atoms with Crippen molar-refractivity contribution in [2.24, 2.45) is 5.92 Å². The first-order valence-electron chi connectivity index (χ1n) is 7.50. The summed E-state index contributed by atoms with van der Waals surface area (Å²) < 4.78 is 0. The summed E-state index contributed by atoms with van der Waals surface area (Å²) >= 11 is 0. The highest BCUT2D eigenvalue weighted by molar-refractivity contribution is 5.59. The summed E-state index contributed by atoms with van der Waals surface area (Å²) in [5, 5.41) is 12.8. The van der Waals surface area contributed by atoms with E-state index in [9.17, 15) is 5.26 Å². The Kier molecular flexibility index (Phi) is 4.85. The van der Waals surface area contributed by atoms with Crippen molar-refractivity contribution in [2.45, 2.75) is 58.4 Å². The van der Waals surface area contributed by atoms with Gasteiger partial charge < -0.3 is 5.32 Å². The number of hydrogen-bond donors (Lipinski definition) is 1. The highest BCUT2D eigenvalue weighted by atomic mass is 14.9. The van der Waals surface area contributed by atoms with E-state index in [0.29, 0.717) is 6.04 Å². The van der Waals surface area contributed by atoms with Gasteiger partial charge in [-0.25, -0.2) is 0 Å². The molecule has 0 saturated heterocycles. The summed E-state index contributed by atoms with van der Waals surface area (Å²) in [6.45, 7) is 4.30. The van der Waals surface area contributed by atoms with Crippen molar-refractivity contribution in [1.29, 1.82) is 5.26 Å². The van der Waals surface area contributed by atoms with E-state index in [1.807, 2.05) is 19.1 Å². The van der Waals surface area contributed by atoms with Crippen molar-refractivity contribution >= 4 is 5.69 Å². The third-order valence-electron chi connectivity index (χ3n) is 4.20. The van der Waals surface area contributed by atoms with Gasteiger partial charge in [-0.15, -0.1) is 0 Å². The van der Waals surface area contributed by atoms with Crippen molar-refractivity contribution in [3.05, 3.63) is 29.3 Å². The number of rotatable bonds is 4. The monoisotopic (exact) mass is 256 g/mol. The Labute approximate surface area is 116 Å². The Morgan fingerprint density at radius 2 is 2.00 bits per heavy atom. The molecule has 1 N–H and O–H groups in total. The molecule has 1 aliphatic rings. The Bertz CT molecular complexity index is 451. The maximum absolute atomic E-state index is 9.19. The van der Waals surface area contributed by atoms with Crippen LogP contribution in [0.5, 0.6) is 0 Å². The molecule has 0 unspecified atom stereocenters. The fourth-order valence-corrected chi connectivity index (χ4v) is 3.10. The molecule has 1 aliphatic carbocycles. The molecule has 102 valence electrons. The van der Waals surface area contributed by atoms with Gasteiger partial charge in [0.15, 0.2) is 0 Å². The molecule has 2 rings (SSSR count). The zero-order chi connectivity index (χ0) is 13.7. The first-order valence-corrected chi connectivity index (χ1v) is 7.50. The van der Waals surface area contributed by atoms with Crippen molar-refractivity contribution in [2.75, 3.05) is 5.32 Å². The van der Waals surface area contributed by atoms with Crippen LogP contribution in [0.15, 0.2) is 18.2 Å². The average molecular weight is 256 g/mol. The van der Waals surface area contributed by atoms with Gasteiger partial charge in [0.2, 0.25) is 0 Å². The first-order chi connectivity index (χ1) is 9.22. The van der Waals surface area contributed by atoms with Crippen LogP contribution in [0.4, 0.5) is 5.69 Å². The average Bonchev–Trinajstić information content (AvgIpc) is 2.43. The Morgan fingerprint density at radius 1 is 1.26 bits per heavy atom. The van der Waals surface area contributed by atoms with Crippen LogP contribution in [-0.2, 0) is 0 Å². The Balaban J connectivity index is 1.94. The summed E-state index contributed by atoms with van der Waals surface area (Å²) in [5.74, 6) is 0.927. The zero-order valence-corrected chi connectivity index (χ0v) is 12.1. The van der Waals surface area contributed by atoms with E-state index in [0.717, 1.165) is 22.7 Å². The lowest BCUT2D eigenvalue weighted by molar-refractivity contribution is 0.319. The van der Waals surface area contributed by atoms with Gasteiger partial charge in [-0.05, 0) is 56.2 Å². The molecule has 0 aromatic heterocycles. The van der Waals surface area contributed by atoms with Gasteiger partial charge in [-0.1, -0.05) is 25.8 Å². The van der Waals surface area contributed by atoms with Crippen LogP contribution >= 0.6 is 0 Å². The van der Waals surface area contributed by atoms with Gasteiger partial charge in [-0.2, -0.15) is 5.26 Å². The van der Waals surface area contributed by atoms with Crippen molar-refractivity contribution < 1.29 is 0 Å². The number of nitriles is 1. The first kappa shape index (κ1) is 13.9. The summed E-state index contributed by atoms with van der Waals surface area (Å²) in [6, 6.07) is 8.92. The van der Waals surface area contributed by atoms with Gasteiger partial charge in [0.1, 0.15) is 6.07 Å². The number of aryl methyl sites for hydroxylation is 1. The lowest BCUT2D eigenvalue weighted by Gasteiger charge is -2.30. The lowest BCUT2D eigenvalue weighted by Crippen LogP contribution is -2.26. The van der Waals surface area contributed by atoms with Crippen LogP contribution in [-0.4, -0.2) is 6.04 Å². The molecule has 1 fully saturated rings. The third kappa shape index (κ3) is 3.73. The molecule has 0 amide bonds. The van der Waals surface area contributed by atoms with E-state index in [4.69, 9.17) is 0 Å². The molecule has 0 aliphatic heterocycles. The molecule has 0 heterocycles. The third-order valence-corrected chi connectivity index (χ3v) is 4.20. The fourth-order valence-electron chi connectivity index (χ4n) is 3.10.